The van der Waals surface area contributed by atoms with E-state index in [-0.39, 0.29) is 5.56 Å². The van der Waals surface area contributed by atoms with Crippen molar-refractivity contribution in [2.24, 2.45) is 0 Å². The van der Waals surface area contributed by atoms with Gasteiger partial charge in [0.1, 0.15) is 0 Å². The highest BCUT2D eigenvalue weighted by Gasteiger charge is 2.12. The molecule has 0 aliphatic rings. The van der Waals surface area contributed by atoms with Gasteiger partial charge in [-0.25, -0.2) is 13.8 Å². The lowest BCUT2D eigenvalue weighted by Gasteiger charge is -1.99. The van der Waals surface area contributed by atoms with Crippen molar-refractivity contribution in [2.75, 3.05) is 13.6 Å². The molecule has 0 aliphatic heterocycles. The summed E-state index contributed by atoms with van der Waals surface area (Å²) in [6.07, 6.45) is 0.790. The molecule has 0 unspecified atom stereocenters. The van der Waals surface area contributed by atoms with Crippen LogP contribution in [0.15, 0.2) is 23.6 Å². The molecular weight excluding hydrogens is 242 g/mol. The molecule has 0 radical (unpaired) electrons. The molecule has 17 heavy (non-hydrogen) atoms. The Kier molecular flexibility index (Phi) is 3.81. The highest BCUT2D eigenvalue weighted by Crippen LogP contribution is 2.25. The zero-order chi connectivity index (χ0) is 12.3. The van der Waals surface area contributed by atoms with Crippen LogP contribution >= 0.6 is 11.3 Å². The first-order valence-electron chi connectivity index (χ1n) is 5.25. The molecule has 0 bridgehead atoms. The number of hydrogen-bond acceptors (Lipinski definition) is 3. The molecule has 2 aromatic rings. The van der Waals surface area contributed by atoms with Gasteiger partial charge in [-0.1, -0.05) is 6.07 Å². The maximum Gasteiger partial charge on any atom is 0.168 e. The van der Waals surface area contributed by atoms with Gasteiger partial charge in [-0.05, 0) is 19.2 Å². The minimum absolute atomic E-state index is 0.219. The lowest BCUT2D eigenvalue weighted by molar-refractivity contribution is 0.511. The van der Waals surface area contributed by atoms with E-state index in [1.54, 1.807) is 5.38 Å². The summed E-state index contributed by atoms with van der Waals surface area (Å²) in [5.74, 6) is -1.68. The second-order valence-electron chi connectivity index (χ2n) is 3.58. The Morgan fingerprint density at radius 3 is 2.94 bits per heavy atom. The first-order valence-corrected chi connectivity index (χ1v) is 6.13. The van der Waals surface area contributed by atoms with Gasteiger partial charge in [0.05, 0.1) is 10.7 Å². The number of benzene rings is 1. The Morgan fingerprint density at radius 1 is 1.35 bits per heavy atom. The van der Waals surface area contributed by atoms with Crippen molar-refractivity contribution in [3.63, 3.8) is 0 Å². The Labute approximate surface area is 102 Å². The Morgan fingerprint density at radius 2 is 2.18 bits per heavy atom. The molecule has 1 aromatic heterocycles. The number of nitrogens with zero attached hydrogens (tertiary/aromatic N) is 1. The quantitative estimate of drug-likeness (QED) is 0.907. The molecule has 1 aromatic carbocycles. The van der Waals surface area contributed by atoms with Crippen LogP contribution in [0.2, 0.25) is 0 Å². The highest BCUT2D eigenvalue weighted by atomic mass is 32.1. The molecule has 0 amide bonds. The van der Waals surface area contributed by atoms with Gasteiger partial charge < -0.3 is 5.32 Å². The Hall–Kier alpha value is -1.33. The summed E-state index contributed by atoms with van der Waals surface area (Å²) in [5.41, 5.74) is 0.718. The third-order valence-corrected chi connectivity index (χ3v) is 3.28. The molecule has 5 heteroatoms. The van der Waals surface area contributed by atoms with Crippen LogP contribution in [-0.4, -0.2) is 18.6 Å². The van der Waals surface area contributed by atoms with E-state index in [1.807, 2.05) is 7.05 Å². The van der Waals surface area contributed by atoms with E-state index in [0.717, 1.165) is 24.0 Å². The summed E-state index contributed by atoms with van der Waals surface area (Å²) in [4.78, 5) is 4.29. The largest absolute Gasteiger partial charge is 0.319 e. The van der Waals surface area contributed by atoms with E-state index in [4.69, 9.17) is 0 Å². The van der Waals surface area contributed by atoms with Gasteiger partial charge in [0, 0.05) is 23.9 Å². The van der Waals surface area contributed by atoms with Crippen LogP contribution < -0.4 is 5.32 Å². The third kappa shape index (κ3) is 2.68. The number of aromatic nitrogens is 1. The van der Waals surface area contributed by atoms with Crippen LogP contribution in [-0.2, 0) is 6.42 Å². The first-order chi connectivity index (χ1) is 8.22. The van der Waals surface area contributed by atoms with Gasteiger partial charge in [-0.2, -0.15) is 0 Å². The van der Waals surface area contributed by atoms with Crippen LogP contribution in [0.5, 0.6) is 0 Å². The first kappa shape index (κ1) is 12.1. The summed E-state index contributed by atoms with van der Waals surface area (Å²) in [5, 5.41) is 5.69. The number of hydrogen-bond donors (Lipinski definition) is 1. The number of halogens is 2. The molecular formula is C12H12F2N2S. The fourth-order valence-electron chi connectivity index (χ4n) is 1.48. The summed E-state index contributed by atoms with van der Waals surface area (Å²) < 4.78 is 26.6. The predicted molar refractivity (Wildman–Crippen MR) is 65.1 cm³/mol. The molecule has 0 spiro atoms. The molecule has 1 N–H and O–H groups in total. The number of rotatable bonds is 4. The topological polar surface area (TPSA) is 24.9 Å². The number of nitrogens with one attached hydrogen (secondary N) is 1. The summed E-state index contributed by atoms with van der Waals surface area (Å²) >= 11 is 1.46. The Balaban J connectivity index is 2.27. The molecule has 0 atom stereocenters. The maximum atomic E-state index is 13.5. The van der Waals surface area contributed by atoms with Gasteiger partial charge in [0.2, 0.25) is 0 Å². The molecule has 0 saturated carbocycles. The Bertz CT molecular complexity index is 511. The maximum absolute atomic E-state index is 13.5. The van der Waals surface area contributed by atoms with Gasteiger partial charge in [-0.3, -0.25) is 0 Å². The van der Waals surface area contributed by atoms with Gasteiger partial charge in [0.15, 0.2) is 11.6 Å². The van der Waals surface area contributed by atoms with Gasteiger partial charge in [0.25, 0.3) is 0 Å². The molecule has 0 fully saturated rings. The van der Waals surface area contributed by atoms with Crippen LogP contribution in [0.1, 0.15) is 5.01 Å². The fourth-order valence-corrected chi connectivity index (χ4v) is 2.28. The van der Waals surface area contributed by atoms with Crippen molar-refractivity contribution in [1.29, 1.82) is 0 Å². The van der Waals surface area contributed by atoms with E-state index in [1.165, 1.54) is 23.5 Å². The van der Waals surface area contributed by atoms with Crippen LogP contribution in [0.4, 0.5) is 8.78 Å². The van der Waals surface area contributed by atoms with E-state index in [2.05, 4.69) is 10.3 Å². The van der Waals surface area contributed by atoms with Crippen molar-refractivity contribution < 1.29 is 8.78 Å². The van der Waals surface area contributed by atoms with Crippen molar-refractivity contribution in [3.8, 4) is 11.3 Å². The average molecular weight is 254 g/mol. The van der Waals surface area contributed by atoms with Crippen LogP contribution in [0.25, 0.3) is 11.3 Å². The van der Waals surface area contributed by atoms with Crippen molar-refractivity contribution >= 4 is 11.3 Å². The van der Waals surface area contributed by atoms with Crippen molar-refractivity contribution in [3.05, 3.63) is 40.2 Å². The number of likely N-dealkylation sites (N-methyl/N-ethyl adjacent to an activating group) is 1. The summed E-state index contributed by atoms with van der Waals surface area (Å²) in [6, 6.07) is 4.13. The monoisotopic (exact) mass is 254 g/mol. The van der Waals surface area contributed by atoms with Gasteiger partial charge >= 0.3 is 0 Å². The minimum Gasteiger partial charge on any atom is -0.319 e. The van der Waals surface area contributed by atoms with E-state index >= 15 is 0 Å². The molecule has 2 rings (SSSR count). The molecule has 0 aliphatic carbocycles. The SMILES string of the molecule is CNCCc1nc(-c2cccc(F)c2F)cs1. The normalized spacial score (nSPS) is 10.8. The summed E-state index contributed by atoms with van der Waals surface area (Å²) in [6.45, 7) is 0.818. The molecule has 1 heterocycles. The van der Waals surface area contributed by atoms with E-state index in [9.17, 15) is 8.78 Å². The second kappa shape index (κ2) is 5.33. The van der Waals surface area contributed by atoms with E-state index < -0.39 is 11.6 Å². The molecule has 2 nitrogen and oxygen atoms in total. The minimum atomic E-state index is -0.840. The zero-order valence-corrected chi connectivity index (χ0v) is 10.2. The fraction of sp³-hybridized carbons (Fsp3) is 0.250. The lowest BCUT2D eigenvalue weighted by atomic mass is 10.1. The molecule has 0 saturated heterocycles. The lowest BCUT2D eigenvalue weighted by Crippen LogP contribution is -2.09. The highest BCUT2D eigenvalue weighted by molar-refractivity contribution is 7.09. The third-order valence-electron chi connectivity index (χ3n) is 2.37. The summed E-state index contributed by atoms with van der Waals surface area (Å²) in [7, 11) is 1.86. The van der Waals surface area contributed by atoms with Crippen LogP contribution in [0, 0.1) is 11.6 Å². The smallest absolute Gasteiger partial charge is 0.168 e. The second-order valence-corrected chi connectivity index (χ2v) is 4.52. The van der Waals surface area contributed by atoms with Crippen molar-refractivity contribution in [1.82, 2.24) is 10.3 Å². The number of thiazole rings is 1. The van der Waals surface area contributed by atoms with Crippen LogP contribution in [0.3, 0.4) is 0 Å². The molecule has 90 valence electrons. The van der Waals surface area contributed by atoms with Crippen molar-refractivity contribution in [2.45, 2.75) is 6.42 Å². The average Bonchev–Trinajstić information content (AvgIpc) is 2.78. The predicted octanol–water partition coefficient (Wildman–Crippen LogP) is 2.85. The standard InChI is InChI=1S/C12H12F2N2S/c1-15-6-5-11-16-10(7-17-11)8-3-2-4-9(13)12(8)14/h2-4,7,15H,5-6H2,1H3. The zero-order valence-electron chi connectivity index (χ0n) is 9.34. The van der Waals surface area contributed by atoms with E-state index in [0.29, 0.717) is 5.69 Å². The van der Waals surface area contributed by atoms with Gasteiger partial charge in [-0.15, -0.1) is 11.3 Å².